The fraction of sp³-hybridized carbons (Fsp3) is 0.381. The van der Waals surface area contributed by atoms with Gasteiger partial charge in [0.25, 0.3) is 0 Å². The molecule has 3 rings (SSSR count). The van der Waals surface area contributed by atoms with Crippen LogP contribution in [0.4, 0.5) is 4.39 Å². The number of carbonyl (C=O) groups is 1. The second-order valence-electron chi connectivity index (χ2n) is 7.28. The molecule has 1 amide bonds. The van der Waals surface area contributed by atoms with Gasteiger partial charge in [-0.3, -0.25) is 4.79 Å². The zero-order valence-corrected chi connectivity index (χ0v) is 17.0. The van der Waals surface area contributed by atoms with Gasteiger partial charge in [-0.1, -0.05) is 44.2 Å². The van der Waals surface area contributed by atoms with Crippen molar-refractivity contribution in [2.75, 3.05) is 26.2 Å². The summed E-state index contributed by atoms with van der Waals surface area (Å²) in [4.78, 5) is 14.3. The summed E-state index contributed by atoms with van der Waals surface area (Å²) in [5, 5.41) is 0. The predicted octanol–water partition coefficient (Wildman–Crippen LogP) is 3.02. The van der Waals surface area contributed by atoms with Gasteiger partial charge in [0.2, 0.25) is 15.9 Å². The largest absolute Gasteiger partial charge is 0.340 e. The molecule has 150 valence electrons. The van der Waals surface area contributed by atoms with Crippen molar-refractivity contribution < 1.29 is 17.6 Å². The number of sulfonamides is 1. The first kappa shape index (κ1) is 20.5. The average molecular weight is 405 g/mol. The Morgan fingerprint density at radius 2 is 1.61 bits per heavy atom. The van der Waals surface area contributed by atoms with E-state index in [9.17, 15) is 17.6 Å². The summed E-state index contributed by atoms with van der Waals surface area (Å²) in [6.45, 7) is 5.18. The van der Waals surface area contributed by atoms with Gasteiger partial charge in [-0.15, -0.1) is 0 Å². The van der Waals surface area contributed by atoms with Crippen LogP contribution in [0, 0.1) is 5.82 Å². The summed E-state index contributed by atoms with van der Waals surface area (Å²) < 4.78 is 40.9. The molecule has 2 aromatic carbocycles. The Balaban J connectivity index is 1.62. The number of nitrogens with zero attached hydrogens (tertiary/aromatic N) is 2. The second-order valence-corrected chi connectivity index (χ2v) is 9.21. The molecule has 28 heavy (non-hydrogen) atoms. The Hall–Kier alpha value is -2.25. The molecule has 0 bridgehead atoms. The molecule has 2 aromatic rings. The summed E-state index contributed by atoms with van der Waals surface area (Å²) in [5.74, 6) is -0.258. The zero-order chi connectivity index (χ0) is 20.3. The predicted molar refractivity (Wildman–Crippen MR) is 106 cm³/mol. The fourth-order valence-corrected chi connectivity index (χ4v) is 4.69. The maximum Gasteiger partial charge on any atom is 0.243 e. The summed E-state index contributed by atoms with van der Waals surface area (Å²) >= 11 is 0. The topological polar surface area (TPSA) is 57.7 Å². The number of halogens is 1. The van der Waals surface area contributed by atoms with Gasteiger partial charge in [-0.2, -0.15) is 4.31 Å². The third kappa shape index (κ3) is 4.42. The first-order valence-electron chi connectivity index (χ1n) is 9.40. The molecule has 0 radical (unpaired) electrons. The van der Waals surface area contributed by atoms with E-state index in [4.69, 9.17) is 0 Å². The first-order valence-corrected chi connectivity index (χ1v) is 10.8. The van der Waals surface area contributed by atoms with Gasteiger partial charge >= 0.3 is 0 Å². The van der Waals surface area contributed by atoms with Crippen LogP contribution < -0.4 is 0 Å². The van der Waals surface area contributed by atoms with E-state index in [0.29, 0.717) is 24.6 Å². The normalized spacial score (nSPS) is 15.8. The number of piperazine rings is 1. The van der Waals surface area contributed by atoms with Crippen LogP contribution in [0.2, 0.25) is 0 Å². The molecular weight excluding hydrogens is 379 g/mol. The van der Waals surface area contributed by atoms with Crippen molar-refractivity contribution in [3.8, 4) is 0 Å². The highest BCUT2D eigenvalue weighted by Crippen LogP contribution is 2.21. The highest BCUT2D eigenvalue weighted by atomic mass is 32.2. The van der Waals surface area contributed by atoms with E-state index < -0.39 is 15.8 Å². The number of benzene rings is 2. The van der Waals surface area contributed by atoms with Crippen LogP contribution in [0.25, 0.3) is 0 Å². The van der Waals surface area contributed by atoms with Crippen LogP contribution in [0.1, 0.15) is 30.9 Å². The molecule has 5 nitrogen and oxygen atoms in total. The molecule has 0 spiro atoms. The number of amides is 1. The van der Waals surface area contributed by atoms with Crippen molar-refractivity contribution in [2.24, 2.45) is 0 Å². The number of hydrogen-bond acceptors (Lipinski definition) is 3. The summed E-state index contributed by atoms with van der Waals surface area (Å²) in [6, 6.07) is 13.2. The molecule has 1 aliphatic rings. The van der Waals surface area contributed by atoms with Crippen molar-refractivity contribution in [3.63, 3.8) is 0 Å². The Morgan fingerprint density at radius 3 is 2.18 bits per heavy atom. The van der Waals surface area contributed by atoms with Gasteiger partial charge in [0.15, 0.2) is 0 Å². The van der Waals surface area contributed by atoms with Gasteiger partial charge < -0.3 is 4.90 Å². The maximum absolute atomic E-state index is 13.7. The molecular formula is C21H25FN2O3S. The van der Waals surface area contributed by atoms with Crippen molar-refractivity contribution in [2.45, 2.75) is 31.1 Å². The first-order chi connectivity index (χ1) is 13.3. The van der Waals surface area contributed by atoms with Gasteiger partial charge in [-0.05, 0) is 35.2 Å². The lowest BCUT2D eigenvalue weighted by atomic mass is 10.0. The highest BCUT2D eigenvalue weighted by molar-refractivity contribution is 7.89. The van der Waals surface area contributed by atoms with Crippen LogP contribution in [0.3, 0.4) is 0 Å². The lowest BCUT2D eigenvalue weighted by Crippen LogP contribution is -2.50. The van der Waals surface area contributed by atoms with Crippen LogP contribution >= 0.6 is 0 Å². The molecule has 0 aromatic heterocycles. The van der Waals surface area contributed by atoms with Crippen LogP contribution in [-0.2, 0) is 21.2 Å². The Bertz CT molecular complexity index is 934. The second kappa shape index (κ2) is 8.41. The van der Waals surface area contributed by atoms with E-state index >= 15 is 0 Å². The lowest BCUT2D eigenvalue weighted by Gasteiger charge is -2.34. The highest BCUT2D eigenvalue weighted by Gasteiger charge is 2.30. The molecule has 0 N–H and O–H groups in total. The number of carbonyl (C=O) groups excluding carboxylic acids is 1. The Morgan fingerprint density at radius 1 is 1.00 bits per heavy atom. The van der Waals surface area contributed by atoms with E-state index in [1.165, 1.54) is 10.4 Å². The summed E-state index contributed by atoms with van der Waals surface area (Å²) in [6.07, 6.45) is -0.0178. The van der Waals surface area contributed by atoms with Gasteiger partial charge in [-0.25, -0.2) is 12.8 Å². The minimum absolute atomic E-state index is 0.0178. The SMILES string of the molecule is CC(C)c1ccc(S(=O)(=O)N2CCN(C(=O)Cc3ccccc3F)CC2)cc1. The lowest BCUT2D eigenvalue weighted by molar-refractivity contribution is -0.131. The molecule has 0 saturated carbocycles. The standard InChI is InChI=1S/C21H25FN2O3S/c1-16(2)17-7-9-19(10-8-17)28(26,27)24-13-11-23(12-14-24)21(25)15-18-5-3-4-6-20(18)22/h3-10,16H,11-15H2,1-2H3. The van der Waals surface area contributed by atoms with Gasteiger partial charge in [0.05, 0.1) is 11.3 Å². The molecule has 7 heteroatoms. The fourth-order valence-electron chi connectivity index (χ4n) is 3.27. The number of hydrogen-bond donors (Lipinski definition) is 0. The van der Waals surface area contributed by atoms with E-state index in [-0.39, 0.29) is 30.3 Å². The molecule has 0 unspecified atom stereocenters. The molecule has 1 saturated heterocycles. The van der Waals surface area contributed by atoms with Crippen LogP contribution in [0.5, 0.6) is 0 Å². The molecule has 0 atom stereocenters. The van der Waals surface area contributed by atoms with Crippen molar-refractivity contribution in [3.05, 3.63) is 65.5 Å². The van der Waals surface area contributed by atoms with Crippen molar-refractivity contribution in [1.82, 2.24) is 9.21 Å². The van der Waals surface area contributed by atoms with E-state index in [2.05, 4.69) is 13.8 Å². The zero-order valence-electron chi connectivity index (χ0n) is 16.1. The number of rotatable bonds is 5. The smallest absolute Gasteiger partial charge is 0.243 e. The van der Waals surface area contributed by atoms with Gasteiger partial charge in [0.1, 0.15) is 5.82 Å². The Labute approximate surface area is 165 Å². The molecule has 1 fully saturated rings. The average Bonchev–Trinajstić information content (AvgIpc) is 2.70. The quantitative estimate of drug-likeness (QED) is 0.770. The minimum atomic E-state index is -3.58. The van der Waals surface area contributed by atoms with E-state index in [0.717, 1.165) is 5.56 Å². The summed E-state index contributed by atoms with van der Waals surface area (Å²) in [7, 11) is -3.58. The third-order valence-corrected chi connectivity index (χ3v) is 6.99. The molecule has 1 aliphatic heterocycles. The molecule has 0 aliphatic carbocycles. The third-order valence-electron chi connectivity index (χ3n) is 5.08. The van der Waals surface area contributed by atoms with Gasteiger partial charge in [0, 0.05) is 26.2 Å². The maximum atomic E-state index is 13.7. The summed E-state index contributed by atoms with van der Waals surface area (Å²) in [5.41, 5.74) is 1.44. The molecule has 1 heterocycles. The van der Waals surface area contributed by atoms with E-state index in [1.54, 1.807) is 35.2 Å². The van der Waals surface area contributed by atoms with Crippen LogP contribution in [-0.4, -0.2) is 49.7 Å². The minimum Gasteiger partial charge on any atom is -0.340 e. The Kier molecular flexibility index (Phi) is 6.15. The van der Waals surface area contributed by atoms with E-state index in [1.807, 2.05) is 12.1 Å². The van der Waals surface area contributed by atoms with Crippen molar-refractivity contribution >= 4 is 15.9 Å². The van der Waals surface area contributed by atoms with Crippen LogP contribution in [0.15, 0.2) is 53.4 Å². The van der Waals surface area contributed by atoms with Crippen molar-refractivity contribution in [1.29, 1.82) is 0 Å². The monoisotopic (exact) mass is 404 g/mol.